The number of aromatic nitrogens is 4. The van der Waals surface area contributed by atoms with Crippen molar-refractivity contribution in [1.29, 1.82) is 0 Å². The van der Waals surface area contributed by atoms with Gasteiger partial charge in [0.2, 0.25) is 5.95 Å². The average Bonchev–Trinajstić information content (AvgIpc) is 3.31. The summed E-state index contributed by atoms with van der Waals surface area (Å²) in [4.78, 5) is 14.5. The Bertz CT molecular complexity index is 1590. The molecule has 1 saturated heterocycles. The lowest BCUT2D eigenvalue weighted by atomic mass is 10.1. The van der Waals surface area contributed by atoms with Gasteiger partial charge in [-0.2, -0.15) is 4.98 Å². The number of halogens is 2. The maximum absolute atomic E-state index is 6.64. The number of hydrogen-bond acceptors (Lipinski definition) is 7. The number of anilines is 2. The number of hydrogen-bond donors (Lipinski definition) is 1. The Morgan fingerprint density at radius 1 is 0.821 bits per heavy atom. The molecule has 6 rings (SSSR count). The van der Waals surface area contributed by atoms with Gasteiger partial charge in [0, 0.05) is 38.3 Å². The lowest BCUT2D eigenvalue weighted by molar-refractivity contribution is 0.200. The zero-order valence-electron chi connectivity index (χ0n) is 21.2. The fourth-order valence-electron chi connectivity index (χ4n) is 4.74. The van der Waals surface area contributed by atoms with E-state index in [9.17, 15) is 0 Å². The number of piperazine rings is 1. The smallest absolute Gasteiger partial charge is 0.228 e. The molecule has 8 nitrogen and oxygen atoms in total. The number of nitrogen functional groups attached to an aromatic ring is 1. The molecule has 5 aromatic rings. The van der Waals surface area contributed by atoms with Crippen LogP contribution in [0.3, 0.4) is 0 Å². The highest BCUT2D eigenvalue weighted by molar-refractivity contribution is 6.42. The van der Waals surface area contributed by atoms with Crippen molar-refractivity contribution in [3.63, 3.8) is 0 Å². The molecule has 0 atom stereocenters. The summed E-state index contributed by atoms with van der Waals surface area (Å²) in [5, 5.41) is 6.36. The first kappa shape index (κ1) is 25.4. The van der Waals surface area contributed by atoms with Crippen molar-refractivity contribution in [2.24, 2.45) is 0 Å². The van der Waals surface area contributed by atoms with E-state index < -0.39 is 0 Å². The lowest BCUT2D eigenvalue weighted by Gasteiger charge is -2.34. The predicted octanol–water partition coefficient (Wildman–Crippen LogP) is 5.57. The summed E-state index contributed by atoms with van der Waals surface area (Å²) in [7, 11) is 0. The standard InChI is InChI=1S/C29H27Cl2N7O/c30-23-12-11-21(19-24(23)31)38-27(32)25-26(20-7-3-1-4-8-20)33-29(34-28(25)35-38)37-15-13-36(14-16-37)17-18-39-22-9-5-2-6-10-22/h1-12,19H,13-18,32H2. The molecule has 10 heteroatoms. The van der Waals surface area contributed by atoms with Gasteiger partial charge >= 0.3 is 0 Å². The molecule has 1 fully saturated rings. The molecule has 198 valence electrons. The minimum absolute atomic E-state index is 0.426. The fourth-order valence-corrected chi connectivity index (χ4v) is 5.03. The summed E-state index contributed by atoms with van der Waals surface area (Å²) in [5.74, 6) is 1.98. The molecule has 0 bridgehead atoms. The van der Waals surface area contributed by atoms with E-state index in [0.717, 1.165) is 49.7 Å². The number of para-hydroxylation sites is 1. The molecule has 2 N–H and O–H groups in total. The summed E-state index contributed by atoms with van der Waals surface area (Å²) >= 11 is 12.4. The molecule has 0 amide bonds. The van der Waals surface area contributed by atoms with Crippen LogP contribution in [0.15, 0.2) is 78.9 Å². The minimum Gasteiger partial charge on any atom is -0.492 e. The van der Waals surface area contributed by atoms with Crippen LogP contribution in [-0.2, 0) is 0 Å². The van der Waals surface area contributed by atoms with E-state index >= 15 is 0 Å². The van der Waals surface area contributed by atoms with E-state index in [1.807, 2.05) is 66.7 Å². The van der Waals surface area contributed by atoms with E-state index in [1.165, 1.54) is 0 Å². The Labute approximate surface area is 236 Å². The van der Waals surface area contributed by atoms with Gasteiger partial charge in [-0.05, 0) is 30.3 Å². The van der Waals surface area contributed by atoms with Gasteiger partial charge in [0.15, 0.2) is 5.65 Å². The van der Waals surface area contributed by atoms with Gasteiger partial charge < -0.3 is 15.4 Å². The van der Waals surface area contributed by atoms with Crippen LogP contribution < -0.4 is 15.4 Å². The van der Waals surface area contributed by atoms with Crippen molar-refractivity contribution in [2.75, 3.05) is 50.0 Å². The van der Waals surface area contributed by atoms with Crippen molar-refractivity contribution < 1.29 is 4.74 Å². The van der Waals surface area contributed by atoms with E-state index in [2.05, 4.69) is 9.80 Å². The zero-order chi connectivity index (χ0) is 26.8. The molecule has 0 unspecified atom stereocenters. The molecule has 3 aromatic carbocycles. The van der Waals surface area contributed by atoms with Crippen molar-refractivity contribution in [2.45, 2.75) is 0 Å². The SMILES string of the molecule is Nc1c2c(-c3ccccc3)nc(N3CCN(CCOc4ccccc4)CC3)nc2nn1-c1ccc(Cl)c(Cl)c1. The maximum atomic E-state index is 6.64. The molecule has 2 aromatic heterocycles. The van der Waals surface area contributed by atoms with Gasteiger partial charge in [-0.1, -0.05) is 71.7 Å². The maximum Gasteiger partial charge on any atom is 0.228 e. The summed E-state index contributed by atoms with van der Waals surface area (Å²) < 4.78 is 7.52. The van der Waals surface area contributed by atoms with Crippen molar-refractivity contribution in [3.05, 3.63) is 88.9 Å². The summed E-state index contributed by atoms with van der Waals surface area (Å²) in [6.45, 7) is 4.89. The first-order chi connectivity index (χ1) is 19.1. The second-order valence-electron chi connectivity index (χ2n) is 9.32. The van der Waals surface area contributed by atoms with Gasteiger partial charge in [0.05, 0.1) is 26.8 Å². The largest absolute Gasteiger partial charge is 0.492 e. The minimum atomic E-state index is 0.426. The summed E-state index contributed by atoms with van der Waals surface area (Å²) in [6, 6.07) is 25.2. The Kier molecular flexibility index (Phi) is 7.24. The molecular formula is C29H27Cl2N7O. The molecule has 0 aliphatic carbocycles. The van der Waals surface area contributed by atoms with E-state index in [-0.39, 0.29) is 0 Å². The van der Waals surface area contributed by atoms with Gasteiger partial charge in [0.1, 0.15) is 18.2 Å². The summed E-state index contributed by atoms with van der Waals surface area (Å²) in [6.07, 6.45) is 0. The molecule has 3 heterocycles. The number of nitrogens with two attached hydrogens (primary N) is 1. The second-order valence-corrected chi connectivity index (χ2v) is 10.1. The van der Waals surface area contributed by atoms with Gasteiger partial charge in [-0.25, -0.2) is 9.67 Å². The van der Waals surface area contributed by atoms with Crippen LogP contribution in [0.2, 0.25) is 10.0 Å². The molecule has 39 heavy (non-hydrogen) atoms. The van der Waals surface area contributed by atoms with Crippen LogP contribution in [0.25, 0.3) is 28.0 Å². The third-order valence-electron chi connectivity index (χ3n) is 6.83. The number of benzene rings is 3. The molecule has 0 saturated carbocycles. The first-order valence-electron chi connectivity index (χ1n) is 12.8. The highest BCUT2D eigenvalue weighted by Gasteiger charge is 2.24. The monoisotopic (exact) mass is 559 g/mol. The van der Waals surface area contributed by atoms with Crippen LogP contribution in [0, 0.1) is 0 Å². The van der Waals surface area contributed by atoms with Crippen LogP contribution >= 0.6 is 23.2 Å². The topological polar surface area (TPSA) is 85.3 Å². The lowest BCUT2D eigenvalue weighted by Crippen LogP contribution is -2.48. The number of nitrogens with zero attached hydrogens (tertiary/aromatic N) is 6. The molecular weight excluding hydrogens is 533 g/mol. The number of ether oxygens (including phenoxy) is 1. The van der Waals surface area contributed by atoms with E-state index in [0.29, 0.717) is 45.1 Å². The van der Waals surface area contributed by atoms with Gasteiger partial charge in [-0.3, -0.25) is 4.90 Å². The average molecular weight is 560 g/mol. The molecule has 0 radical (unpaired) electrons. The highest BCUT2D eigenvalue weighted by Crippen LogP contribution is 2.34. The van der Waals surface area contributed by atoms with E-state index in [4.69, 9.17) is 48.7 Å². The number of rotatable bonds is 7. The van der Waals surface area contributed by atoms with Gasteiger partial charge in [-0.15, -0.1) is 5.10 Å². The Balaban J connectivity index is 1.27. The third kappa shape index (κ3) is 5.36. The van der Waals surface area contributed by atoms with Crippen molar-refractivity contribution in [1.82, 2.24) is 24.6 Å². The van der Waals surface area contributed by atoms with Crippen molar-refractivity contribution >= 4 is 46.0 Å². The Hall–Kier alpha value is -3.85. The fraction of sp³-hybridized carbons (Fsp3) is 0.207. The quantitative estimate of drug-likeness (QED) is 0.279. The van der Waals surface area contributed by atoms with E-state index in [1.54, 1.807) is 16.8 Å². The van der Waals surface area contributed by atoms with Crippen LogP contribution in [0.4, 0.5) is 11.8 Å². The zero-order valence-corrected chi connectivity index (χ0v) is 22.7. The van der Waals surface area contributed by atoms with Crippen LogP contribution in [0.5, 0.6) is 5.75 Å². The Morgan fingerprint density at radius 2 is 1.54 bits per heavy atom. The number of fused-ring (bicyclic) bond motifs is 1. The third-order valence-corrected chi connectivity index (χ3v) is 7.57. The highest BCUT2D eigenvalue weighted by atomic mass is 35.5. The molecule has 1 aliphatic rings. The van der Waals surface area contributed by atoms with Gasteiger partial charge in [0.25, 0.3) is 0 Å². The Morgan fingerprint density at radius 3 is 2.26 bits per heavy atom. The van der Waals surface area contributed by atoms with Crippen LogP contribution in [-0.4, -0.2) is 64.0 Å². The van der Waals surface area contributed by atoms with Crippen molar-refractivity contribution in [3.8, 4) is 22.7 Å². The second kappa shape index (κ2) is 11.1. The normalized spacial score (nSPS) is 14.2. The molecule has 0 spiro atoms. The summed E-state index contributed by atoms with van der Waals surface area (Å²) in [5.41, 5.74) is 9.57. The molecule has 1 aliphatic heterocycles. The first-order valence-corrected chi connectivity index (χ1v) is 13.5. The van der Waals surface area contributed by atoms with Crippen LogP contribution in [0.1, 0.15) is 0 Å². The predicted molar refractivity (Wildman–Crippen MR) is 157 cm³/mol.